The zero-order chi connectivity index (χ0) is 8.86. The van der Waals surface area contributed by atoms with Gasteiger partial charge in [-0.2, -0.15) is 0 Å². The van der Waals surface area contributed by atoms with Gasteiger partial charge in [0.25, 0.3) is 0 Å². The maximum atomic E-state index is 5.33. The van der Waals surface area contributed by atoms with Gasteiger partial charge in [0.2, 0.25) is 0 Å². The molecule has 12 heavy (non-hydrogen) atoms. The molecule has 2 heteroatoms. The summed E-state index contributed by atoms with van der Waals surface area (Å²) in [5, 5.41) is 3.43. The maximum absolute atomic E-state index is 5.33. The molecule has 0 saturated carbocycles. The van der Waals surface area contributed by atoms with Crippen LogP contribution in [0.1, 0.15) is 33.1 Å². The van der Waals surface area contributed by atoms with Gasteiger partial charge in [-0.25, -0.2) is 0 Å². The second kappa shape index (κ2) is 4.83. The van der Waals surface area contributed by atoms with Gasteiger partial charge in [-0.1, -0.05) is 13.8 Å². The number of nitrogens with one attached hydrogen (secondary N) is 1. The summed E-state index contributed by atoms with van der Waals surface area (Å²) in [4.78, 5) is 0. The average molecular weight is 171 g/mol. The van der Waals surface area contributed by atoms with Crippen LogP contribution in [0, 0.1) is 5.41 Å². The van der Waals surface area contributed by atoms with Crippen molar-refractivity contribution in [1.29, 1.82) is 0 Å². The van der Waals surface area contributed by atoms with E-state index in [1.807, 2.05) is 13.8 Å². The zero-order valence-corrected chi connectivity index (χ0v) is 8.36. The number of ether oxygens (including phenoxy) is 1. The Bertz CT molecular complexity index is 111. The second-order valence-electron chi connectivity index (χ2n) is 3.54. The third kappa shape index (κ3) is 2.20. The van der Waals surface area contributed by atoms with Crippen LogP contribution in [-0.4, -0.2) is 26.3 Å². The van der Waals surface area contributed by atoms with Gasteiger partial charge in [0.15, 0.2) is 0 Å². The van der Waals surface area contributed by atoms with E-state index in [9.17, 15) is 0 Å². The first-order valence-electron chi connectivity index (χ1n) is 5.20. The molecular weight excluding hydrogens is 150 g/mol. The van der Waals surface area contributed by atoms with E-state index in [0.29, 0.717) is 5.41 Å². The summed E-state index contributed by atoms with van der Waals surface area (Å²) in [6.07, 6.45) is 3.93. The monoisotopic (exact) mass is 171 g/mol. The van der Waals surface area contributed by atoms with E-state index in [-0.39, 0.29) is 0 Å². The summed E-state index contributed by atoms with van der Waals surface area (Å²) in [5.41, 5.74) is 0.637. The quantitative estimate of drug-likeness (QED) is 0.600. The summed E-state index contributed by atoms with van der Waals surface area (Å²) < 4.78 is 5.33. The lowest BCUT2D eigenvalue weighted by molar-refractivity contribution is 0.0246. The van der Waals surface area contributed by atoms with E-state index in [4.69, 9.17) is 4.74 Å². The van der Waals surface area contributed by atoms with Gasteiger partial charge < -0.3 is 10.1 Å². The van der Waals surface area contributed by atoms with Crippen molar-refractivity contribution in [2.75, 3.05) is 26.3 Å². The number of rotatable bonds is 0. The van der Waals surface area contributed by atoms with Crippen molar-refractivity contribution in [2.24, 2.45) is 5.41 Å². The molecule has 2 rings (SSSR count). The molecule has 0 radical (unpaired) electrons. The summed E-state index contributed by atoms with van der Waals surface area (Å²) in [6.45, 7) is 8.43. The van der Waals surface area contributed by atoms with Crippen molar-refractivity contribution in [1.82, 2.24) is 5.32 Å². The van der Waals surface area contributed by atoms with Crippen molar-refractivity contribution in [3.63, 3.8) is 0 Å². The van der Waals surface area contributed by atoms with Crippen LogP contribution in [0.5, 0.6) is 0 Å². The molecule has 1 N–H and O–H groups in total. The molecule has 1 spiro atoms. The largest absolute Gasteiger partial charge is 0.381 e. The Balaban J connectivity index is 0.000000336. The molecule has 0 aromatic rings. The van der Waals surface area contributed by atoms with Gasteiger partial charge in [-0.05, 0) is 31.2 Å². The predicted octanol–water partition coefficient (Wildman–Crippen LogP) is 1.80. The van der Waals surface area contributed by atoms with E-state index in [0.717, 1.165) is 13.2 Å². The average Bonchev–Trinajstić information content (AvgIpc) is 2.58. The standard InChI is InChI=1S/C8H15NO.C2H6/c1-4-9-7-8(1)2-5-10-6-3-8;1-2/h9H,1-7H2;1-2H3. The molecular formula is C10H21NO. The molecule has 2 saturated heterocycles. The minimum absolute atomic E-state index is 0.637. The van der Waals surface area contributed by atoms with Crippen molar-refractivity contribution in [3.05, 3.63) is 0 Å². The first-order valence-corrected chi connectivity index (χ1v) is 5.20. The van der Waals surface area contributed by atoms with Crippen LogP contribution in [0.4, 0.5) is 0 Å². The Morgan fingerprint density at radius 3 is 2.25 bits per heavy atom. The van der Waals surface area contributed by atoms with Crippen molar-refractivity contribution >= 4 is 0 Å². The van der Waals surface area contributed by atoms with Crippen LogP contribution in [0.3, 0.4) is 0 Å². The highest BCUT2D eigenvalue weighted by Gasteiger charge is 2.34. The van der Waals surface area contributed by atoms with Gasteiger partial charge in [0.1, 0.15) is 0 Å². The van der Waals surface area contributed by atoms with Gasteiger partial charge >= 0.3 is 0 Å². The van der Waals surface area contributed by atoms with Gasteiger partial charge in [-0.3, -0.25) is 0 Å². The summed E-state index contributed by atoms with van der Waals surface area (Å²) in [7, 11) is 0. The Hall–Kier alpha value is -0.0800. The highest BCUT2D eigenvalue weighted by Crippen LogP contribution is 2.35. The SMILES string of the molecule is C1CC2(CCOCC2)CN1.CC. The van der Waals surface area contributed by atoms with Crippen LogP contribution in [0.15, 0.2) is 0 Å². The molecule has 2 aliphatic heterocycles. The normalized spacial score (nSPS) is 26.5. The third-order valence-electron chi connectivity index (χ3n) is 2.89. The van der Waals surface area contributed by atoms with Gasteiger partial charge in [0.05, 0.1) is 0 Å². The molecule has 2 heterocycles. The number of hydrogen-bond acceptors (Lipinski definition) is 2. The van der Waals surface area contributed by atoms with Crippen LogP contribution in [-0.2, 0) is 4.74 Å². The maximum Gasteiger partial charge on any atom is 0.0471 e. The van der Waals surface area contributed by atoms with Gasteiger partial charge in [-0.15, -0.1) is 0 Å². The summed E-state index contributed by atoms with van der Waals surface area (Å²) in [6, 6.07) is 0. The van der Waals surface area contributed by atoms with Crippen LogP contribution in [0.25, 0.3) is 0 Å². The molecule has 0 bridgehead atoms. The lowest BCUT2D eigenvalue weighted by Gasteiger charge is -2.32. The lowest BCUT2D eigenvalue weighted by atomic mass is 9.80. The van der Waals surface area contributed by atoms with Crippen LogP contribution >= 0.6 is 0 Å². The topological polar surface area (TPSA) is 21.3 Å². The van der Waals surface area contributed by atoms with Crippen molar-refractivity contribution in [3.8, 4) is 0 Å². The van der Waals surface area contributed by atoms with Gasteiger partial charge in [0, 0.05) is 19.8 Å². The highest BCUT2D eigenvalue weighted by molar-refractivity contribution is 4.89. The van der Waals surface area contributed by atoms with E-state index >= 15 is 0 Å². The molecule has 0 aromatic heterocycles. The minimum atomic E-state index is 0.637. The molecule has 2 nitrogen and oxygen atoms in total. The summed E-state index contributed by atoms with van der Waals surface area (Å²) in [5.74, 6) is 0. The predicted molar refractivity (Wildman–Crippen MR) is 51.3 cm³/mol. The summed E-state index contributed by atoms with van der Waals surface area (Å²) >= 11 is 0. The Kier molecular flexibility index (Phi) is 4.02. The Morgan fingerprint density at radius 1 is 1.08 bits per heavy atom. The molecule has 0 unspecified atom stereocenters. The van der Waals surface area contributed by atoms with E-state index < -0.39 is 0 Å². The van der Waals surface area contributed by atoms with E-state index in [1.54, 1.807) is 0 Å². The Labute approximate surface area is 75.7 Å². The molecule has 2 aliphatic rings. The van der Waals surface area contributed by atoms with Crippen LogP contribution in [0.2, 0.25) is 0 Å². The molecule has 0 amide bonds. The zero-order valence-electron chi connectivity index (χ0n) is 8.36. The van der Waals surface area contributed by atoms with Crippen molar-refractivity contribution in [2.45, 2.75) is 33.1 Å². The van der Waals surface area contributed by atoms with Crippen molar-refractivity contribution < 1.29 is 4.74 Å². The number of hydrogen-bond donors (Lipinski definition) is 1. The van der Waals surface area contributed by atoms with Crippen LogP contribution < -0.4 is 5.32 Å². The highest BCUT2D eigenvalue weighted by atomic mass is 16.5. The molecule has 72 valence electrons. The second-order valence-corrected chi connectivity index (χ2v) is 3.54. The molecule has 2 fully saturated rings. The van der Waals surface area contributed by atoms with E-state index in [1.165, 1.54) is 32.4 Å². The Morgan fingerprint density at radius 2 is 1.75 bits per heavy atom. The first kappa shape index (κ1) is 10.0. The van der Waals surface area contributed by atoms with E-state index in [2.05, 4.69) is 5.32 Å². The molecule has 0 atom stereocenters. The first-order chi connectivity index (χ1) is 5.91. The minimum Gasteiger partial charge on any atom is -0.381 e. The fraction of sp³-hybridized carbons (Fsp3) is 1.00. The fourth-order valence-corrected chi connectivity index (χ4v) is 2.03. The third-order valence-corrected chi connectivity index (χ3v) is 2.89. The molecule has 0 aliphatic carbocycles. The lowest BCUT2D eigenvalue weighted by Crippen LogP contribution is -2.31. The fourth-order valence-electron chi connectivity index (χ4n) is 2.03. The molecule has 0 aromatic carbocycles. The smallest absolute Gasteiger partial charge is 0.0471 e.